The summed E-state index contributed by atoms with van der Waals surface area (Å²) in [5.41, 5.74) is 16.4. The second-order valence-electron chi connectivity index (χ2n) is 12.1. The van der Waals surface area contributed by atoms with Crippen molar-refractivity contribution >= 4 is 28.7 Å². The number of benzene rings is 2. The summed E-state index contributed by atoms with van der Waals surface area (Å²) in [6.07, 6.45) is 12.6. The molecule has 0 bridgehead atoms. The first kappa shape index (κ1) is 34.5. The minimum Gasteiger partial charge on any atom is -0.352 e. The fraction of sp³-hybridized carbons (Fsp3) is 0.436. The molecule has 4 heteroatoms. The summed E-state index contributed by atoms with van der Waals surface area (Å²) in [6.45, 7) is 18.0. The van der Waals surface area contributed by atoms with Gasteiger partial charge in [0, 0.05) is 23.4 Å². The average molecular weight is 596 g/mol. The summed E-state index contributed by atoms with van der Waals surface area (Å²) < 4.78 is 0. The van der Waals surface area contributed by atoms with E-state index >= 15 is 0 Å². The van der Waals surface area contributed by atoms with Crippen molar-refractivity contribution in [2.24, 2.45) is 11.7 Å². The van der Waals surface area contributed by atoms with Gasteiger partial charge in [0.05, 0.1) is 5.25 Å². The van der Waals surface area contributed by atoms with Crippen LogP contribution in [0.1, 0.15) is 96.3 Å². The van der Waals surface area contributed by atoms with E-state index in [0.29, 0.717) is 12.0 Å². The number of allylic oxidation sites excluding steroid dienone is 4. The maximum Gasteiger partial charge on any atom is 0.111 e. The molecule has 1 aliphatic heterocycles. The van der Waals surface area contributed by atoms with Gasteiger partial charge in [-0.3, -0.25) is 5.41 Å². The van der Waals surface area contributed by atoms with Gasteiger partial charge in [-0.15, -0.1) is 17.5 Å². The van der Waals surface area contributed by atoms with Crippen LogP contribution in [0.2, 0.25) is 0 Å². The molecule has 2 aromatic carbocycles. The van der Waals surface area contributed by atoms with Crippen LogP contribution in [0.3, 0.4) is 0 Å². The van der Waals surface area contributed by atoms with Crippen LogP contribution in [-0.2, 0) is 0 Å². The molecular weight excluding hydrogens is 543 g/mol. The summed E-state index contributed by atoms with van der Waals surface area (Å²) in [6, 6.07) is 17.8. The Balaban J connectivity index is 0.000000953. The van der Waals surface area contributed by atoms with Crippen molar-refractivity contribution in [1.82, 2.24) is 4.90 Å². The SMILES string of the molecule is C=C(C)c1ccc(C2=CC=C=C(C)C(CN(C(=N)C3Sc4ccccc4C3C)C3CCC(C)CC3)=C2)cc1.CCC.CN. The Morgan fingerprint density at radius 3 is 2.26 bits per heavy atom. The first-order valence-electron chi connectivity index (χ1n) is 16.0. The number of hydrogen-bond acceptors (Lipinski definition) is 3. The van der Waals surface area contributed by atoms with E-state index in [1.807, 2.05) is 24.8 Å². The van der Waals surface area contributed by atoms with Crippen LogP contribution in [0, 0.1) is 11.3 Å². The lowest BCUT2D eigenvalue weighted by Crippen LogP contribution is -2.47. The van der Waals surface area contributed by atoms with Crippen molar-refractivity contribution in [2.75, 3.05) is 13.6 Å². The lowest BCUT2D eigenvalue weighted by molar-refractivity contribution is 0.219. The lowest BCUT2D eigenvalue weighted by Gasteiger charge is -2.40. The molecule has 3 N–H and O–H groups in total. The summed E-state index contributed by atoms with van der Waals surface area (Å²) in [7, 11) is 1.50. The molecule has 0 aromatic heterocycles. The van der Waals surface area contributed by atoms with Crippen LogP contribution in [-0.4, -0.2) is 35.6 Å². The Kier molecular flexibility index (Phi) is 13.4. The van der Waals surface area contributed by atoms with Crippen LogP contribution >= 0.6 is 11.8 Å². The van der Waals surface area contributed by atoms with Crippen LogP contribution in [0.25, 0.3) is 11.1 Å². The highest BCUT2D eigenvalue weighted by atomic mass is 32.2. The predicted molar refractivity (Wildman–Crippen MR) is 191 cm³/mol. The van der Waals surface area contributed by atoms with E-state index in [4.69, 9.17) is 0 Å². The molecule has 1 heterocycles. The highest BCUT2D eigenvalue weighted by Crippen LogP contribution is 2.46. The van der Waals surface area contributed by atoms with Gasteiger partial charge in [0.1, 0.15) is 5.84 Å². The van der Waals surface area contributed by atoms with Crippen LogP contribution in [0.15, 0.2) is 95.1 Å². The third-order valence-electron chi connectivity index (χ3n) is 8.55. The molecular formula is C39H53N3S. The van der Waals surface area contributed by atoms with Crippen molar-refractivity contribution in [3.05, 3.63) is 107 Å². The Labute approximate surface area is 266 Å². The highest BCUT2D eigenvalue weighted by Gasteiger charge is 2.37. The second-order valence-corrected chi connectivity index (χ2v) is 13.3. The second kappa shape index (κ2) is 16.7. The molecule has 0 saturated heterocycles. The Hall–Kier alpha value is -3.04. The number of hydrogen-bond donors (Lipinski definition) is 2. The van der Waals surface area contributed by atoms with Crippen molar-refractivity contribution in [1.29, 1.82) is 5.41 Å². The van der Waals surface area contributed by atoms with Crippen LogP contribution in [0.5, 0.6) is 0 Å². The molecule has 0 amide bonds. The maximum atomic E-state index is 9.57. The fourth-order valence-corrected chi connectivity index (χ4v) is 7.37. The van der Waals surface area contributed by atoms with Gasteiger partial charge in [-0.05, 0) is 110 Å². The Morgan fingerprint density at radius 1 is 1.02 bits per heavy atom. The Morgan fingerprint density at radius 2 is 1.65 bits per heavy atom. The van der Waals surface area contributed by atoms with E-state index in [9.17, 15) is 5.41 Å². The van der Waals surface area contributed by atoms with Gasteiger partial charge in [-0.1, -0.05) is 88.7 Å². The summed E-state index contributed by atoms with van der Waals surface area (Å²) in [4.78, 5) is 3.79. The predicted octanol–water partition coefficient (Wildman–Crippen LogP) is 10.3. The molecule has 43 heavy (non-hydrogen) atoms. The van der Waals surface area contributed by atoms with Crippen molar-refractivity contribution < 1.29 is 0 Å². The number of nitrogens with two attached hydrogens (primary N) is 1. The molecule has 3 nitrogen and oxygen atoms in total. The topological polar surface area (TPSA) is 53.1 Å². The normalized spacial score (nSPS) is 22.3. The molecule has 2 aliphatic carbocycles. The van der Waals surface area contributed by atoms with Gasteiger partial charge in [0.15, 0.2) is 0 Å². The number of fused-ring (bicyclic) bond motifs is 1. The number of nitrogens with zero attached hydrogens (tertiary/aromatic N) is 1. The average Bonchev–Trinajstić information content (AvgIpc) is 3.24. The zero-order valence-electron chi connectivity index (χ0n) is 27.5. The van der Waals surface area contributed by atoms with Crippen molar-refractivity contribution in [2.45, 2.75) is 95.8 Å². The molecule has 2 unspecified atom stereocenters. The molecule has 3 aliphatic rings. The highest BCUT2D eigenvalue weighted by molar-refractivity contribution is 8.01. The van der Waals surface area contributed by atoms with Crippen LogP contribution < -0.4 is 5.73 Å². The zero-order chi connectivity index (χ0) is 31.5. The quantitative estimate of drug-likeness (QED) is 0.198. The summed E-state index contributed by atoms with van der Waals surface area (Å²) in [5, 5.41) is 9.73. The van der Waals surface area contributed by atoms with Crippen molar-refractivity contribution in [3.63, 3.8) is 0 Å². The molecule has 0 radical (unpaired) electrons. The minimum absolute atomic E-state index is 0.155. The number of nitrogens with one attached hydrogen (secondary N) is 1. The van der Waals surface area contributed by atoms with Gasteiger partial charge in [-0.25, -0.2) is 0 Å². The van der Waals surface area contributed by atoms with E-state index < -0.39 is 0 Å². The third-order valence-corrected chi connectivity index (χ3v) is 10.1. The molecule has 5 rings (SSSR count). The van der Waals surface area contributed by atoms with E-state index in [0.717, 1.165) is 29.4 Å². The largest absolute Gasteiger partial charge is 0.352 e. The van der Waals surface area contributed by atoms with Gasteiger partial charge < -0.3 is 10.6 Å². The lowest BCUT2D eigenvalue weighted by atomic mass is 9.85. The smallest absolute Gasteiger partial charge is 0.111 e. The van der Waals surface area contributed by atoms with E-state index in [1.165, 1.54) is 71.9 Å². The number of rotatable bonds is 6. The third kappa shape index (κ3) is 8.76. The Bertz CT molecular complexity index is 1370. The zero-order valence-corrected chi connectivity index (χ0v) is 28.4. The van der Waals surface area contributed by atoms with E-state index in [2.05, 4.69) is 118 Å². The van der Waals surface area contributed by atoms with Gasteiger partial charge >= 0.3 is 0 Å². The first-order valence-corrected chi connectivity index (χ1v) is 16.9. The van der Waals surface area contributed by atoms with Gasteiger partial charge in [0.2, 0.25) is 0 Å². The van der Waals surface area contributed by atoms with E-state index in [-0.39, 0.29) is 5.25 Å². The molecule has 2 atom stereocenters. The summed E-state index contributed by atoms with van der Waals surface area (Å²) >= 11 is 1.88. The first-order chi connectivity index (χ1) is 20.7. The summed E-state index contributed by atoms with van der Waals surface area (Å²) in [5.74, 6) is 1.91. The maximum absolute atomic E-state index is 9.57. The molecule has 1 fully saturated rings. The standard InChI is InChI=1S/C35H40N2S.C3H8.CH5N/c1-23(2)27-15-17-28(18-16-27)29-10-8-9-25(4)30(21-29)22-37(31-19-13-24(3)14-20-31)35(36)34-26(5)32-11-6-7-12-33(32)38-34;1-3-2;1-2/h6-8,10-12,15-18,21,24,26,31,34,36H,1,13-14,19-20,22H2,2-5H3;3H2,1-2H3;2H2,1H3. The van der Waals surface area contributed by atoms with Crippen LogP contribution in [0.4, 0.5) is 0 Å². The minimum atomic E-state index is 0.155. The molecule has 1 saturated carbocycles. The number of thioether (sulfide) groups is 1. The molecule has 230 valence electrons. The van der Waals surface area contributed by atoms with Crippen molar-refractivity contribution in [3.8, 4) is 0 Å². The monoisotopic (exact) mass is 595 g/mol. The van der Waals surface area contributed by atoms with E-state index in [1.54, 1.807) is 0 Å². The van der Waals surface area contributed by atoms with Gasteiger partial charge in [0.25, 0.3) is 0 Å². The number of amidine groups is 1. The molecule has 2 aromatic rings. The fourth-order valence-electron chi connectivity index (χ4n) is 5.95. The molecule has 0 spiro atoms. The van der Waals surface area contributed by atoms with Gasteiger partial charge in [-0.2, -0.15) is 0 Å².